The van der Waals surface area contributed by atoms with E-state index in [4.69, 9.17) is 0 Å². The second-order valence-corrected chi connectivity index (χ2v) is 6.72. The third-order valence-corrected chi connectivity index (χ3v) is 4.77. The molecule has 3 heteroatoms. The maximum Gasteiger partial charge on any atom is 0.234 e. The molecule has 1 saturated heterocycles. The Hall–Kier alpha value is -2.13. The summed E-state index contributed by atoms with van der Waals surface area (Å²) in [5.74, 6) is 0.121. The lowest BCUT2D eigenvalue weighted by molar-refractivity contribution is -0.122. The Morgan fingerprint density at radius 2 is 1.83 bits per heavy atom. The summed E-state index contributed by atoms with van der Waals surface area (Å²) >= 11 is 0. The fraction of sp³-hybridized carbons (Fsp3) is 0.381. The summed E-state index contributed by atoms with van der Waals surface area (Å²) in [7, 11) is 0. The summed E-state index contributed by atoms with van der Waals surface area (Å²) in [4.78, 5) is 14.6. The van der Waals surface area contributed by atoms with Crippen LogP contribution in [0.4, 0.5) is 0 Å². The molecule has 2 aromatic rings. The van der Waals surface area contributed by atoms with Crippen LogP contribution in [0.1, 0.15) is 29.5 Å². The van der Waals surface area contributed by atoms with Crippen molar-refractivity contribution in [2.45, 2.75) is 38.8 Å². The van der Waals surface area contributed by atoms with Crippen molar-refractivity contribution < 1.29 is 4.79 Å². The van der Waals surface area contributed by atoms with Crippen LogP contribution >= 0.6 is 0 Å². The van der Waals surface area contributed by atoms with Crippen LogP contribution in [-0.4, -0.2) is 29.9 Å². The number of nitrogens with one attached hydrogen (secondary N) is 1. The third-order valence-electron chi connectivity index (χ3n) is 4.77. The topological polar surface area (TPSA) is 32.3 Å². The van der Waals surface area contributed by atoms with Crippen LogP contribution in [0.5, 0.6) is 0 Å². The van der Waals surface area contributed by atoms with Crippen molar-refractivity contribution >= 4 is 5.91 Å². The van der Waals surface area contributed by atoms with Gasteiger partial charge in [-0.05, 0) is 43.9 Å². The first-order chi connectivity index (χ1) is 11.7. The molecule has 1 N–H and O–H groups in total. The average molecular weight is 322 g/mol. The Morgan fingerprint density at radius 3 is 2.58 bits per heavy atom. The van der Waals surface area contributed by atoms with Crippen LogP contribution in [0.15, 0.2) is 54.6 Å². The fourth-order valence-electron chi connectivity index (χ4n) is 3.37. The van der Waals surface area contributed by atoms with Gasteiger partial charge in [0, 0.05) is 12.6 Å². The molecule has 3 rings (SSSR count). The highest BCUT2D eigenvalue weighted by atomic mass is 16.2. The number of amides is 1. The molecule has 1 amide bonds. The van der Waals surface area contributed by atoms with Gasteiger partial charge in [-0.2, -0.15) is 0 Å². The first-order valence-electron chi connectivity index (χ1n) is 8.81. The summed E-state index contributed by atoms with van der Waals surface area (Å²) in [5, 5.41) is 3.05. The van der Waals surface area contributed by atoms with Gasteiger partial charge in [-0.15, -0.1) is 0 Å². The van der Waals surface area contributed by atoms with E-state index in [0.29, 0.717) is 19.1 Å². The first kappa shape index (κ1) is 16.7. The molecule has 0 bridgehead atoms. The molecule has 0 radical (unpaired) electrons. The number of benzene rings is 2. The lowest BCUT2D eigenvalue weighted by atomic mass is 10.0. The third kappa shape index (κ3) is 4.68. The monoisotopic (exact) mass is 322 g/mol. The van der Waals surface area contributed by atoms with E-state index in [9.17, 15) is 4.79 Å². The Bertz CT molecular complexity index is 651. The standard InChI is InChI=1S/C21H26N2O/c1-17-9-11-19(12-10-17)15-22-21(24)16-23-13-5-8-20(23)14-18-6-3-2-4-7-18/h2-4,6-7,9-12,20H,5,8,13-16H2,1H3,(H,22,24). The molecule has 1 unspecified atom stereocenters. The van der Waals surface area contributed by atoms with E-state index in [0.717, 1.165) is 18.5 Å². The van der Waals surface area contributed by atoms with E-state index >= 15 is 0 Å². The molecule has 24 heavy (non-hydrogen) atoms. The van der Waals surface area contributed by atoms with Gasteiger partial charge < -0.3 is 5.32 Å². The van der Waals surface area contributed by atoms with Crippen LogP contribution in [0, 0.1) is 6.92 Å². The van der Waals surface area contributed by atoms with Gasteiger partial charge in [0.25, 0.3) is 0 Å². The second-order valence-electron chi connectivity index (χ2n) is 6.72. The van der Waals surface area contributed by atoms with E-state index in [1.54, 1.807) is 0 Å². The molecule has 0 aromatic heterocycles. The largest absolute Gasteiger partial charge is 0.351 e. The summed E-state index contributed by atoms with van der Waals surface area (Å²) in [6.45, 7) is 4.21. The van der Waals surface area contributed by atoms with Crippen molar-refractivity contribution in [1.29, 1.82) is 0 Å². The predicted molar refractivity (Wildman–Crippen MR) is 97.8 cm³/mol. The van der Waals surface area contributed by atoms with Crippen LogP contribution in [0.2, 0.25) is 0 Å². The normalized spacial score (nSPS) is 17.8. The zero-order chi connectivity index (χ0) is 16.8. The Balaban J connectivity index is 1.48. The summed E-state index contributed by atoms with van der Waals surface area (Å²) in [6.07, 6.45) is 3.40. The van der Waals surface area contributed by atoms with E-state index < -0.39 is 0 Å². The Labute approximate surface area is 144 Å². The number of hydrogen-bond donors (Lipinski definition) is 1. The number of hydrogen-bond acceptors (Lipinski definition) is 2. The molecular formula is C21H26N2O. The van der Waals surface area contributed by atoms with Gasteiger partial charge in [0.05, 0.1) is 6.54 Å². The molecular weight excluding hydrogens is 296 g/mol. The van der Waals surface area contributed by atoms with Crippen molar-refractivity contribution in [3.63, 3.8) is 0 Å². The lowest BCUT2D eigenvalue weighted by Crippen LogP contribution is -2.40. The molecule has 0 saturated carbocycles. The molecule has 3 nitrogen and oxygen atoms in total. The minimum Gasteiger partial charge on any atom is -0.351 e. The zero-order valence-corrected chi connectivity index (χ0v) is 14.4. The summed E-state index contributed by atoms with van der Waals surface area (Å²) < 4.78 is 0. The minimum atomic E-state index is 0.121. The fourth-order valence-corrected chi connectivity index (χ4v) is 3.37. The van der Waals surface area contributed by atoms with Crippen LogP contribution < -0.4 is 5.32 Å². The van der Waals surface area contributed by atoms with Crippen molar-refractivity contribution in [2.24, 2.45) is 0 Å². The molecule has 126 valence electrons. The van der Waals surface area contributed by atoms with Crippen molar-refractivity contribution in [3.05, 3.63) is 71.3 Å². The highest BCUT2D eigenvalue weighted by molar-refractivity contribution is 5.78. The van der Waals surface area contributed by atoms with Gasteiger partial charge in [0.2, 0.25) is 5.91 Å². The molecule has 1 atom stereocenters. The first-order valence-corrected chi connectivity index (χ1v) is 8.81. The molecule has 1 fully saturated rings. The van der Waals surface area contributed by atoms with Gasteiger partial charge in [-0.3, -0.25) is 9.69 Å². The average Bonchev–Trinajstić information content (AvgIpc) is 3.02. The minimum absolute atomic E-state index is 0.121. The quantitative estimate of drug-likeness (QED) is 0.885. The van der Waals surface area contributed by atoms with Crippen LogP contribution in [0.3, 0.4) is 0 Å². The number of likely N-dealkylation sites (tertiary alicyclic amines) is 1. The molecule has 0 aliphatic carbocycles. The van der Waals surface area contributed by atoms with E-state index in [1.807, 2.05) is 0 Å². The van der Waals surface area contributed by atoms with Gasteiger partial charge in [-0.1, -0.05) is 60.2 Å². The number of carbonyl (C=O) groups is 1. The van der Waals surface area contributed by atoms with Gasteiger partial charge in [-0.25, -0.2) is 0 Å². The van der Waals surface area contributed by atoms with Gasteiger partial charge in [0.1, 0.15) is 0 Å². The highest BCUT2D eigenvalue weighted by Gasteiger charge is 2.26. The number of carbonyl (C=O) groups excluding carboxylic acids is 1. The Morgan fingerprint density at radius 1 is 1.08 bits per heavy atom. The summed E-state index contributed by atoms with van der Waals surface area (Å²) in [5.41, 5.74) is 3.75. The second kappa shape index (κ2) is 8.11. The van der Waals surface area contributed by atoms with E-state index in [-0.39, 0.29) is 5.91 Å². The predicted octanol–water partition coefficient (Wildman–Crippen LogP) is 3.32. The maximum atomic E-state index is 12.3. The molecule has 0 spiro atoms. The maximum absolute atomic E-state index is 12.3. The van der Waals surface area contributed by atoms with Gasteiger partial charge >= 0.3 is 0 Å². The summed E-state index contributed by atoms with van der Waals surface area (Å²) in [6, 6.07) is 19.4. The number of rotatable bonds is 6. The molecule has 1 aliphatic heterocycles. The highest BCUT2D eigenvalue weighted by Crippen LogP contribution is 2.20. The van der Waals surface area contributed by atoms with Crippen LogP contribution in [-0.2, 0) is 17.8 Å². The lowest BCUT2D eigenvalue weighted by Gasteiger charge is -2.24. The number of nitrogens with zero attached hydrogens (tertiary/aromatic N) is 1. The van der Waals surface area contributed by atoms with Crippen LogP contribution in [0.25, 0.3) is 0 Å². The van der Waals surface area contributed by atoms with Crippen molar-refractivity contribution in [2.75, 3.05) is 13.1 Å². The van der Waals surface area contributed by atoms with Gasteiger partial charge in [0.15, 0.2) is 0 Å². The van der Waals surface area contributed by atoms with E-state index in [1.165, 1.54) is 24.0 Å². The number of aryl methyl sites for hydroxylation is 1. The zero-order valence-electron chi connectivity index (χ0n) is 14.4. The van der Waals surface area contributed by atoms with Crippen molar-refractivity contribution in [1.82, 2.24) is 10.2 Å². The smallest absolute Gasteiger partial charge is 0.234 e. The molecule has 2 aromatic carbocycles. The SMILES string of the molecule is Cc1ccc(CNC(=O)CN2CCCC2Cc2ccccc2)cc1. The van der Waals surface area contributed by atoms with Crippen molar-refractivity contribution in [3.8, 4) is 0 Å². The molecule has 1 heterocycles. The van der Waals surface area contributed by atoms with E-state index in [2.05, 4.69) is 71.7 Å². The Kier molecular flexibility index (Phi) is 5.65. The molecule has 1 aliphatic rings.